The van der Waals surface area contributed by atoms with E-state index in [9.17, 15) is 19.8 Å². The number of amides is 1. The molecule has 0 radical (unpaired) electrons. The summed E-state index contributed by atoms with van der Waals surface area (Å²) in [4.78, 5) is 24.6. The number of allylic oxidation sites excluding steroid dienone is 4. The average molecular weight is 1160 g/mol. The van der Waals surface area contributed by atoms with Crippen LogP contribution in [0.5, 0.6) is 0 Å². The predicted molar refractivity (Wildman–Crippen MR) is 361 cm³/mol. The quantitative estimate of drug-likeness (QED) is 0.0320. The molecule has 0 heterocycles. The molecule has 0 rings (SSSR count). The summed E-state index contributed by atoms with van der Waals surface area (Å²) in [6.45, 7) is 4.99. The molecule has 0 aromatic carbocycles. The molecule has 2 unspecified atom stereocenters. The van der Waals surface area contributed by atoms with Crippen molar-refractivity contribution in [3.63, 3.8) is 0 Å². The predicted octanol–water partition coefficient (Wildman–Crippen LogP) is 24.5. The van der Waals surface area contributed by atoms with Gasteiger partial charge < -0.3 is 20.3 Å². The van der Waals surface area contributed by atoms with E-state index in [-0.39, 0.29) is 18.5 Å². The van der Waals surface area contributed by atoms with E-state index in [1.54, 1.807) is 0 Å². The molecule has 6 nitrogen and oxygen atoms in total. The topological polar surface area (TPSA) is 95.9 Å². The van der Waals surface area contributed by atoms with Gasteiger partial charge in [-0.1, -0.05) is 359 Å². The monoisotopic (exact) mass is 1150 g/mol. The Labute approximate surface area is 513 Å². The fourth-order valence-corrected chi connectivity index (χ4v) is 12.0. The Bertz CT molecular complexity index is 1280. The van der Waals surface area contributed by atoms with Gasteiger partial charge in [0.2, 0.25) is 5.91 Å². The number of carbonyl (C=O) groups is 2. The van der Waals surface area contributed by atoms with E-state index in [1.165, 1.54) is 347 Å². The first-order valence-electron chi connectivity index (χ1n) is 37.6. The van der Waals surface area contributed by atoms with Gasteiger partial charge in [-0.3, -0.25) is 9.59 Å². The molecule has 0 aliphatic heterocycles. The van der Waals surface area contributed by atoms with Gasteiger partial charge >= 0.3 is 5.97 Å². The number of nitrogens with one attached hydrogen (secondary N) is 1. The van der Waals surface area contributed by atoms with Crippen molar-refractivity contribution in [2.24, 2.45) is 0 Å². The third-order valence-corrected chi connectivity index (χ3v) is 17.7. The smallest absolute Gasteiger partial charge is 0.305 e. The number of aliphatic hydroxyl groups excluding tert-OH is 2. The van der Waals surface area contributed by atoms with Crippen molar-refractivity contribution in [2.75, 3.05) is 13.2 Å². The van der Waals surface area contributed by atoms with Gasteiger partial charge in [0.25, 0.3) is 0 Å². The van der Waals surface area contributed by atoms with Crippen LogP contribution in [0.4, 0.5) is 0 Å². The molecule has 0 aliphatic rings. The number of rotatable bonds is 71. The Kier molecular flexibility index (Phi) is 70.4. The van der Waals surface area contributed by atoms with Crippen molar-refractivity contribution in [1.82, 2.24) is 5.32 Å². The molecule has 1 amide bonds. The Morgan fingerprint density at radius 2 is 0.573 bits per heavy atom. The van der Waals surface area contributed by atoms with Gasteiger partial charge in [0.05, 0.1) is 25.4 Å². The zero-order chi connectivity index (χ0) is 59.2. The first-order valence-corrected chi connectivity index (χ1v) is 37.6. The number of aliphatic hydroxyl groups is 2. The van der Waals surface area contributed by atoms with E-state index in [1.807, 2.05) is 0 Å². The first-order chi connectivity index (χ1) is 40.5. The molecule has 0 fully saturated rings. The zero-order valence-corrected chi connectivity index (χ0v) is 55.8. The molecule has 0 saturated carbocycles. The zero-order valence-electron chi connectivity index (χ0n) is 55.8. The van der Waals surface area contributed by atoms with E-state index in [4.69, 9.17) is 4.74 Å². The molecule has 2 atom stereocenters. The maximum Gasteiger partial charge on any atom is 0.305 e. The molecule has 0 aromatic heterocycles. The molecule has 0 aromatic rings. The minimum absolute atomic E-state index is 0.0147. The van der Waals surface area contributed by atoms with Crippen LogP contribution in [0.25, 0.3) is 0 Å². The van der Waals surface area contributed by atoms with Gasteiger partial charge in [0, 0.05) is 12.8 Å². The molecule has 82 heavy (non-hydrogen) atoms. The third kappa shape index (κ3) is 67.5. The van der Waals surface area contributed by atoms with Crippen LogP contribution in [0.15, 0.2) is 24.3 Å². The highest BCUT2D eigenvalue weighted by Gasteiger charge is 2.20. The Morgan fingerprint density at radius 3 is 0.866 bits per heavy atom. The number of unbranched alkanes of at least 4 members (excludes halogenated alkanes) is 56. The van der Waals surface area contributed by atoms with Gasteiger partial charge in [-0.25, -0.2) is 0 Å². The van der Waals surface area contributed by atoms with Crippen molar-refractivity contribution in [3.05, 3.63) is 24.3 Å². The summed E-state index contributed by atoms with van der Waals surface area (Å²) in [6.07, 6.45) is 91.0. The standard InChI is InChI=1S/C76H147NO5/c1-3-5-7-9-11-13-15-17-19-21-37-40-44-48-52-56-60-64-68-74(79)73(72-78)77-75(80)69-65-61-57-53-49-45-41-38-34-32-30-28-26-24-22-23-25-27-29-31-33-35-39-43-47-51-55-59-63-67-71-82-76(81)70-66-62-58-54-50-46-42-36-20-18-16-14-12-10-8-6-4-2/h18,20,23,25,73-74,78-79H,3-17,19,21-22,24,26-72H2,1-2H3,(H,77,80)/b20-18-,25-23-. The van der Waals surface area contributed by atoms with Crippen LogP contribution in [0.3, 0.4) is 0 Å². The third-order valence-electron chi connectivity index (χ3n) is 17.7. The summed E-state index contributed by atoms with van der Waals surface area (Å²) in [7, 11) is 0. The summed E-state index contributed by atoms with van der Waals surface area (Å²) in [5, 5.41) is 23.4. The van der Waals surface area contributed by atoms with Crippen LogP contribution in [-0.4, -0.2) is 47.4 Å². The Hall–Kier alpha value is -1.66. The minimum atomic E-state index is -0.664. The largest absolute Gasteiger partial charge is 0.466 e. The van der Waals surface area contributed by atoms with Crippen LogP contribution < -0.4 is 5.32 Å². The highest BCUT2D eigenvalue weighted by Crippen LogP contribution is 2.19. The number of hydrogen-bond donors (Lipinski definition) is 3. The van der Waals surface area contributed by atoms with Gasteiger partial charge in [0.1, 0.15) is 0 Å². The molecular formula is C76H147NO5. The molecular weight excluding hydrogens is 1010 g/mol. The molecule has 6 heteroatoms. The SMILES string of the molecule is CCCCCCCC/C=C\CCCCCCCCCC(=O)OCCCCCCCCCCCCCC/C=C\CCCCCCCCCCCCCCCCC(=O)NC(CO)C(O)CCCCCCCCCCCCCCCCCCCC. The lowest BCUT2D eigenvalue weighted by atomic mass is 10.0. The summed E-state index contributed by atoms with van der Waals surface area (Å²) in [5.74, 6) is -0.0146. The number of carbonyl (C=O) groups excluding carboxylic acids is 2. The lowest BCUT2D eigenvalue weighted by Gasteiger charge is -2.22. The highest BCUT2D eigenvalue weighted by atomic mass is 16.5. The number of esters is 1. The molecule has 0 aliphatic carbocycles. The van der Waals surface area contributed by atoms with E-state index in [2.05, 4.69) is 43.5 Å². The van der Waals surface area contributed by atoms with Crippen molar-refractivity contribution in [2.45, 2.75) is 437 Å². The summed E-state index contributed by atoms with van der Waals surface area (Å²) in [5.41, 5.74) is 0. The van der Waals surface area contributed by atoms with E-state index in [0.717, 1.165) is 44.9 Å². The van der Waals surface area contributed by atoms with E-state index < -0.39 is 12.1 Å². The normalized spacial score (nSPS) is 12.6. The Balaban J connectivity index is 3.35. The van der Waals surface area contributed by atoms with Crippen LogP contribution in [-0.2, 0) is 14.3 Å². The average Bonchev–Trinajstić information content (AvgIpc) is 3.48. The second-order valence-corrected chi connectivity index (χ2v) is 26.0. The van der Waals surface area contributed by atoms with Gasteiger partial charge in [-0.15, -0.1) is 0 Å². The summed E-state index contributed by atoms with van der Waals surface area (Å²) < 4.78 is 5.50. The number of hydrogen-bond acceptors (Lipinski definition) is 5. The molecule has 0 bridgehead atoms. The maximum atomic E-state index is 12.5. The fraction of sp³-hybridized carbons (Fsp3) is 0.921. The van der Waals surface area contributed by atoms with Gasteiger partial charge in [-0.2, -0.15) is 0 Å². The fourth-order valence-electron chi connectivity index (χ4n) is 12.0. The second-order valence-electron chi connectivity index (χ2n) is 26.0. The van der Waals surface area contributed by atoms with Crippen LogP contribution in [0, 0.1) is 0 Å². The Morgan fingerprint density at radius 1 is 0.329 bits per heavy atom. The first kappa shape index (κ1) is 80.3. The van der Waals surface area contributed by atoms with Crippen LogP contribution in [0.1, 0.15) is 425 Å². The van der Waals surface area contributed by atoms with E-state index in [0.29, 0.717) is 25.9 Å². The summed E-state index contributed by atoms with van der Waals surface area (Å²) >= 11 is 0. The van der Waals surface area contributed by atoms with Crippen LogP contribution in [0.2, 0.25) is 0 Å². The second kappa shape index (κ2) is 71.8. The molecule has 0 spiro atoms. The summed E-state index contributed by atoms with van der Waals surface area (Å²) in [6, 6.07) is -0.541. The van der Waals surface area contributed by atoms with Gasteiger partial charge in [-0.05, 0) is 77.0 Å². The number of ether oxygens (including phenoxy) is 1. The van der Waals surface area contributed by atoms with Crippen molar-refractivity contribution < 1.29 is 24.5 Å². The molecule has 3 N–H and O–H groups in total. The van der Waals surface area contributed by atoms with Gasteiger partial charge in [0.15, 0.2) is 0 Å². The lowest BCUT2D eigenvalue weighted by molar-refractivity contribution is -0.143. The van der Waals surface area contributed by atoms with Crippen molar-refractivity contribution in [3.8, 4) is 0 Å². The molecule has 0 saturated heterocycles. The maximum absolute atomic E-state index is 12.5. The van der Waals surface area contributed by atoms with Crippen molar-refractivity contribution in [1.29, 1.82) is 0 Å². The van der Waals surface area contributed by atoms with Crippen LogP contribution >= 0.6 is 0 Å². The highest BCUT2D eigenvalue weighted by molar-refractivity contribution is 5.76. The minimum Gasteiger partial charge on any atom is -0.466 e. The van der Waals surface area contributed by atoms with E-state index >= 15 is 0 Å². The van der Waals surface area contributed by atoms with Crippen molar-refractivity contribution >= 4 is 11.9 Å². The lowest BCUT2D eigenvalue weighted by Crippen LogP contribution is -2.45. The molecule has 486 valence electrons.